The fourth-order valence-corrected chi connectivity index (χ4v) is 3.71. The summed E-state index contributed by atoms with van der Waals surface area (Å²) >= 11 is 0. The van der Waals surface area contributed by atoms with E-state index in [0.29, 0.717) is 19.0 Å². The molecule has 0 spiro atoms. The predicted octanol–water partition coefficient (Wildman–Crippen LogP) is 2.26. The standard InChI is InChI=1S/C19H35N3O2/c1-4-11-21(15-17(23)22-12-5-6-13-22)14-10-20-18(24)19(2,3)16-8-7-9-16/h16H,4-15H2,1-3H3,(H,20,24). The smallest absolute Gasteiger partial charge is 0.236 e. The van der Waals surface area contributed by atoms with Gasteiger partial charge in [-0.1, -0.05) is 27.2 Å². The molecule has 2 aliphatic rings. The van der Waals surface area contributed by atoms with Crippen molar-refractivity contribution in [2.45, 2.75) is 59.3 Å². The van der Waals surface area contributed by atoms with E-state index >= 15 is 0 Å². The van der Waals surface area contributed by atoms with Crippen molar-refractivity contribution in [3.8, 4) is 0 Å². The fraction of sp³-hybridized carbons (Fsp3) is 0.895. The van der Waals surface area contributed by atoms with Gasteiger partial charge >= 0.3 is 0 Å². The molecule has 1 aliphatic heterocycles. The number of carbonyl (C=O) groups excluding carboxylic acids is 2. The predicted molar refractivity (Wildman–Crippen MR) is 96.7 cm³/mol. The zero-order valence-corrected chi connectivity index (χ0v) is 15.8. The molecule has 5 heteroatoms. The molecule has 0 radical (unpaired) electrons. The zero-order chi connectivity index (χ0) is 17.6. The quantitative estimate of drug-likeness (QED) is 0.702. The van der Waals surface area contributed by atoms with Gasteiger partial charge in [0, 0.05) is 31.6 Å². The largest absolute Gasteiger partial charge is 0.354 e. The molecule has 0 unspecified atom stereocenters. The highest BCUT2D eigenvalue weighted by Gasteiger charge is 2.39. The normalized spacial score (nSPS) is 18.8. The van der Waals surface area contributed by atoms with Crippen molar-refractivity contribution in [3.63, 3.8) is 0 Å². The summed E-state index contributed by atoms with van der Waals surface area (Å²) in [4.78, 5) is 28.9. The van der Waals surface area contributed by atoms with Crippen LogP contribution >= 0.6 is 0 Å². The van der Waals surface area contributed by atoms with Crippen LogP contribution in [0.15, 0.2) is 0 Å². The maximum Gasteiger partial charge on any atom is 0.236 e. The molecule has 1 heterocycles. The SMILES string of the molecule is CCCN(CCNC(=O)C(C)(C)C1CCC1)CC(=O)N1CCCC1. The second kappa shape index (κ2) is 8.84. The van der Waals surface area contributed by atoms with E-state index in [-0.39, 0.29) is 17.2 Å². The molecular formula is C19H35N3O2. The van der Waals surface area contributed by atoms with E-state index in [0.717, 1.165) is 45.4 Å². The molecule has 1 aliphatic carbocycles. The van der Waals surface area contributed by atoms with E-state index < -0.39 is 0 Å². The van der Waals surface area contributed by atoms with Crippen molar-refractivity contribution in [2.24, 2.45) is 11.3 Å². The van der Waals surface area contributed by atoms with Crippen LogP contribution in [0.2, 0.25) is 0 Å². The highest BCUT2D eigenvalue weighted by atomic mass is 16.2. The Morgan fingerprint density at radius 1 is 1.12 bits per heavy atom. The Balaban J connectivity index is 1.74. The molecule has 2 amide bonds. The van der Waals surface area contributed by atoms with Crippen LogP contribution in [-0.2, 0) is 9.59 Å². The molecule has 0 aromatic heterocycles. The number of nitrogens with one attached hydrogen (secondary N) is 1. The monoisotopic (exact) mass is 337 g/mol. The molecule has 2 fully saturated rings. The minimum absolute atomic E-state index is 0.162. The molecular weight excluding hydrogens is 302 g/mol. The van der Waals surface area contributed by atoms with E-state index in [1.54, 1.807) is 0 Å². The summed E-state index contributed by atoms with van der Waals surface area (Å²) in [7, 11) is 0. The van der Waals surface area contributed by atoms with Crippen LogP contribution in [0.25, 0.3) is 0 Å². The Morgan fingerprint density at radius 2 is 1.79 bits per heavy atom. The van der Waals surface area contributed by atoms with Crippen molar-refractivity contribution in [1.82, 2.24) is 15.1 Å². The Morgan fingerprint density at radius 3 is 2.33 bits per heavy atom. The van der Waals surface area contributed by atoms with E-state index in [9.17, 15) is 9.59 Å². The lowest BCUT2D eigenvalue weighted by molar-refractivity contribution is -0.134. The summed E-state index contributed by atoms with van der Waals surface area (Å²) in [5.41, 5.74) is -0.265. The van der Waals surface area contributed by atoms with Gasteiger partial charge < -0.3 is 10.2 Å². The number of nitrogens with zero attached hydrogens (tertiary/aromatic N) is 2. The molecule has 24 heavy (non-hydrogen) atoms. The summed E-state index contributed by atoms with van der Waals surface area (Å²) in [6.07, 6.45) is 6.89. The molecule has 2 rings (SSSR count). The van der Waals surface area contributed by atoms with Crippen molar-refractivity contribution in [2.75, 3.05) is 39.3 Å². The second-order valence-corrected chi connectivity index (χ2v) is 7.97. The van der Waals surface area contributed by atoms with E-state index in [1.165, 1.54) is 19.3 Å². The highest BCUT2D eigenvalue weighted by molar-refractivity contribution is 5.82. The number of carbonyl (C=O) groups is 2. The van der Waals surface area contributed by atoms with Crippen LogP contribution in [0.4, 0.5) is 0 Å². The molecule has 0 atom stereocenters. The average molecular weight is 338 g/mol. The third-order valence-corrected chi connectivity index (χ3v) is 5.78. The Kier molecular flexibility index (Phi) is 7.08. The minimum Gasteiger partial charge on any atom is -0.354 e. The lowest BCUT2D eigenvalue weighted by atomic mass is 9.67. The maximum atomic E-state index is 12.5. The van der Waals surface area contributed by atoms with Crippen LogP contribution in [0.5, 0.6) is 0 Å². The highest BCUT2D eigenvalue weighted by Crippen LogP contribution is 2.41. The van der Waals surface area contributed by atoms with Gasteiger partial charge in [-0.2, -0.15) is 0 Å². The Bertz CT molecular complexity index is 426. The molecule has 138 valence electrons. The summed E-state index contributed by atoms with van der Waals surface area (Å²) in [6, 6.07) is 0. The first-order chi connectivity index (χ1) is 11.4. The molecule has 0 aromatic carbocycles. The van der Waals surface area contributed by atoms with Gasteiger partial charge in [0.1, 0.15) is 0 Å². The number of rotatable bonds is 9. The maximum absolute atomic E-state index is 12.5. The van der Waals surface area contributed by atoms with Gasteiger partial charge in [0.15, 0.2) is 0 Å². The van der Waals surface area contributed by atoms with Crippen molar-refractivity contribution in [3.05, 3.63) is 0 Å². The molecule has 1 saturated heterocycles. The zero-order valence-electron chi connectivity index (χ0n) is 15.8. The fourth-order valence-electron chi connectivity index (χ4n) is 3.71. The summed E-state index contributed by atoms with van der Waals surface area (Å²) in [5, 5.41) is 3.10. The van der Waals surface area contributed by atoms with Crippen LogP contribution in [-0.4, -0.2) is 60.9 Å². The lowest BCUT2D eigenvalue weighted by Crippen LogP contribution is -2.47. The lowest BCUT2D eigenvalue weighted by Gasteiger charge is -2.39. The van der Waals surface area contributed by atoms with Gasteiger partial charge in [0.25, 0.3) is 0 Å². The van der Waals surface area contributed by atoms with Gasteiger partial charge in [-0.25, -0.2) is 0 Å². The average Bonchev–Trinajstić information content (AvgIpc) is 2.99. The second-order valence-electron chi connectivity index (χ2n) is 7.97. The third-order valence-electron chi connectivity index (χ3n) is 5.78. The molecule has 1 saturated carbocycles. The van der Waals surface area contributed by atoms with Crippen molar-refractivity contribution >= 4 is 11.8 Å². The molecule has 0 aromatic rings. The minimum atomic E-state index is -0.265. The van der Waals surface area contributed by atoms with Gasteiger partial charge in [-0.05, 0) is 44.6 Å². The number of hydrogen-bond donors (Lipinski definition) is 1. The summed E-state index contributed by atoms with van der Waals surface area (Å²) in [5.74, 6) is 0.928. The van der Waals surface area contributed by atoms with Gasteiger partial charge in [-0.15, -0.1) is 0 Å². The first-order valence-corrected chi connectivity index (χ1v) is 9.73. The van der Waals surface area contributed by atoms with Crippen LogP contribution in [0.1, 0.15) is 59.3 Å². The van der Waals surface area contributed by atoms with Crippen molar-refractivity contribution in [1.29, 1.82) is 0 Å². The van der Waals surface area contributed by atoms with Gasteiger partial charge in [0.2, 0.25) is 11.8 Å². The number of amides is 2. The van der Waals surface area contributed by atoms with Crippen LogP contribution in [0, 0.1) is 11.3 Å². The van der Waals surface area contributed by atoms with Gasteiger partial charge in [0.05, 0.1) is 6.54 Å². The van der Waals surface area contributed by atoms with Crippen molar-refractivity contribution < 1.29 is 9.59 Å². The number of hydrogen-bond acceptors (Lipinski definition) is 3. The van der Waals surface area contributed by atoms with Crippen LogP contribution in [0.3, 0.4) is 0 Å². The third kappa shape index (κ3) is 4.95. The Hall–Kier alpha value is -1.10. The van der Waals surface area contributed by atoms with E-state index in [1.807, 2.05) is 4.90 Å². The summed E-state index contributed by atoms with van der Waals surface area (Å²) in [6.45, 7) is 10.8. The van der Waals surface area contributed by atoms with Crippen LogP contribution < -0.4 is 5.32 Å². The Labute approximate surface area is 147 Å². The molecule has 0 bridgehead atoms. The van der Waals surface area contributed by atoms with E-state index in [2.05, 4.69) is 31.0 Å². The molecule has 5 nitrogen and oxygen atoms in total. The first kappa shape index (κ1) is 19.2. The summed E-state index contributed by atoms with van der Waals surface area (Å²) < 4.78 is 0. The molecule has 1 N–H and O–H groups in total. The topological polar surface area (TPSA) is 52.7 Å². The first-order valence-electron chi connectivity index (χ1n) is 9.73. The number of likely N-dealkylation sites (tertiary alicyclic amines) is 1. The van der Waals surface area contributed by atoms with Gasteiger partial charge in [-0.3, -0.25) is 14.5 Å². The van der Waals surface area contributed by atoms with E-state index in [4.69, 9.17) is 0 Å².